The van der Waals surface area contributed by atoms with Crippen molar-refractivity contribution in [1.82, 2.24) is 4.72 Å². The van der Waals surface area contributed by atoms with Crippen LogP contribution in [0.1, 0.15) is 18.1 Å². The van der Waals surface area contributed by atoms with E-state index in [4.69, 9.17) is 0 Å². The van der Waals surface area contributed by atoms with Crippen molar-refractivity contribution in [3.8, 4) is 0 Å². The van der Waals surface area contributed by atoms with E-state index in [1.54, 1.807) is 36.4 Å². The van der Waals surface area contributed by atoms with Crippen LogP contribution in [0.5, 0.6) is 0 Å². The van der Waals surface area contributed by atoms with E-state index in [9.17, 15) is 23.1 Å². The fourth-order valence-electron chi connectivity index (χ4n) is 3.14. The zero-order valence-corrected chi connectivity index (χ0v) is 15.6. The van der Waals surface area contributed by atoms with Gasteiger partial charge in [0.2, 0.25) is 15.9 Å². The molecular formula is C19H20N2O5S. The molecule has 2 aromatic rings. The Hall–Kier alpha value is -2.71. The normalized spacial score (nSPS) is 14.6. The molecule has 0 spiro atoms. The molecule has 0 unspecified atom stereocenters. The summed E-state index contributed by atoms with van der Waals surface area (Å²) in [5.74, 6) is -1.42. The number of carbonyl (C=O) groups is 2. The standard InChI is InChI=1S/C19H20N2O5S/c1-13(22)21-10-9-15-7-8-16(12-18(15)21)27(25,26)20-17(19(23)24)11-14-5-3-2-4-6-14/h2-8,12,17,20H,9-11H2,1H3,(H,23,24)/t17-/m0/s1. The number of hydrogen-bond acceptors (Lipinski definition) is 4. The van der Waals surface area contributed by atoms with Gasteiger partial charge in [-0.3, -0.25) is 9.59 Å². The van der Waals surface area contributed by atoms with Gasteiger partial charge in [-0.25, -0.2) is 8.42 Å². The smallest absolute Gasteiger partial charge is 0.322 e. The molecule has 1 amide bonds. The van der Waals surface area contributed by atoms with Crippen LogP contribution in [0.25, 0.3) is 0 Å². The second-order valence-corrected chi connectivity index (χ2v) is 8.13. The van der Waals surface area contributed by atoms with E-state index in [0.29, 0.717) is 24.2 Å². The van der Waals surface area contributed by atoms with Gasteiger partial charge in [-0.1, -0.05) is 36.4 Å². The lowest BCUT2D eigenvalue weighted by molar-refractivity contribution is -0.138. The molecule has 1 atom stereocenters. The van der Waals surface area contributed by atoms with E-state index in [-0.39, 0.29) is 17.2 Å². The van der Waals surface area contributed by atoms with Crippen LogP contribution in [0.3, 0.4) is 0 Å². The first-order chi connectivity index (χ1) is 12.8. The second-order valence-electron chi connectivity index (χ2n) is 6.41. The maximum absolute atomic E-state index is 12.7. The first kappa shape index (κ1) is 19.1. The van der Waals surface area contributed by atoms with Crippen LogP contribution in [0, 0.1) is 0 Å². The lowest BCUT2D eigenvalue weighted by Crippen LogP contribution is -2.42. The van der Waals surface area contributed by atoms with Gasteiger partial charge >= 0.3 is 5.97 Å². The molecule has 142 valence electrons. The minimum atomic E-state index is -4.06. The van der Waals surface area contributed by atoms with Gasteiger partial charge in [-0.15, -0.1) is 0 Å². The molecule has 1 heterocycles. The number of sulfonamides is 1. The van der Waals surface area contributed by atoms with Gasteiger partial charge in [-0.2, -0.15) is 4.72 Å². The number of benzene rings is 2. The van der Waals surface area contributed by atoms with Crippen LogP contribution >= 0.6 is 0 Å². The first-order valence-electron chi connectivity index (χ1n) is 8.48. The Morgan fingerprint density at radius 2 is 1.89 bits per heavy atom. The van der Waals surface area contributed by atoms with Crippen molar-refractivity contribution in [3.63, 3.8) is 0 Å². The Balaban J connectivity index is 1.86. The monoisotopic (exact) mass is 388 g/mol. The molecule has 1 aliphatic rings. The summed E-state index contributed by atoms with van der Waals surface area (Å²) >= 11 is 0. The molecule has 1 aliphatic heterocycles. The minimum Gasteiger partial charge on any atom is -0.480 e. The summed E-state index contributed by atoms with van der Waals surface area (Å²) in [6.45, 7) is 1.93. The molecule has 2 N–H and O–H groups in total. The number of carbonyl (C=O) groups excluding carboxylic acids is 1. The molecule has 8 heteroatoms. The summed E-state index contributed by atoms with van der Waals surface area (Å²) in [7, 11) is -4.06. The number of anilines is 1. The zero-order chi connectivity index (χ0) is 19.6. The number of carboxylic acid groups (broad SMARTS) is 1. The van der Waals surface area contributed by atoms with Gasteiger partial charge in [0.05, 0.1) is 4.90 Å². The van der Waals surface area contributed by atoms with Gasteiger partial charge in [0.1, 0.15) is 6.04 Å². The Bertz CT molecular complexity index is 973. The number of hydrogen-bond donors (Lipinski definition) is 2. The van der Waals surface area contributed by atoms with Gasteiger partial charge in [0, 0.05) is 19.2 Å². The van der Waals surface area contributed by atoms with E-state index in [2.05, 4.69) is 4.72 Å². The van der Waals surface area contributed by atoms with Crippen molar-refractivity contribution < 1.29 is 23.1 Å². The fraction of sp³-hybridized carbons (Fsp3) is 0.263. The predicted molar refractivity (Wildman–Crippen MR) is 100 cm³/mol. The topological polar surface area (TPSA) is 104 Å². The molecule has 3 rings (SSSR count). The van der Waals surface area contributed by atoms with E-state index in [1.807, 2.05) is 0 Å². The van der Waals surface area contributed by atoms with E-state index in [0.717, 1.165) is 5.56 Å². The third-order valence-corrected chi connectivity index (χ3v) is 5.99. The van der Waals surface area contributed by atoms with E-state index < -0.39 is 22.0 Å². The van der Waals surface area contributed by atoms with Crippen LogP contribution < -0.4 is 9.62 Å². The first-order valence-corrected chi connectivity index (χ1v) is 9.96. The van der Waals surface area contributed by atoms with E-state index in [1.165, 1.54) is 24.0 Å². The van der Waals surface area contributed by atoms with Crippen molar-refractivity contribution >= 4 is 27.6 Å². The summed E-state index contributed by atoms with van der Waals surface area (Å²) in [6.07, 6.45) is 0.689. The number of nitrogens with one attached hydrogen (secondary N) is 1. The average molecular weight is 388 g/mol. The lowest BCUT2D eigenvalue weighted by Gasteiger charge is -2.18. The van der Waals surface area contributed by atoms with Crippen molar-refractivity contribution in [2.45, 2.75) is 30.7 Å². The number of nitrogens with zero attached hydrogens (tertiary/aromatic N) is 1. The summed E-state index contributed by atoms with van der Waals surface area (Å²) in [4.78, 5) is 24.7. The molecule has 0 saturated carbocycles. The third kappa shape index (κ3) is 4.17. The maximum Gasteiger partial charge on any atom is 0.322 e. The van der Waals surface area contributed by atoms with Crippen LogP contribution in [-0.2, 0) is 32.5 Å². The highest BCUT2D eigenvalue weighted by Crippen LogP contribution is 2.30. The summed E-state index contributed by atoms with van der Waals surface area (Å²) in [5.41, 5.74) is 2.16. The Labute approximate surface area is 157 Å². The van der Waals surface area contributed by atoms with Crippen LogP contribution in [0.15, 0.2) is 53.4 Å². The SMILES string of the molecule is CC(=O)N1CCc2ccc(S(=O)(=O)N[C@@H](Cc3ccccc3)C(=O)O)cc21. The van der Waals surface area contributed by atoms with Crippen molar-refractivity contribution in [2.24, 2.45) is 0 Å². The maximum atomic E-state index is 12.7. The molecule has 0 fully saturated rings. The molecule has 0 radical (unpaired) electrons. The minimum absolute atomic E-state index is 0.0277. The molecule has 0 saturated heterocycles. The number of carboxylic acids is 1. The summed E-state index contributed by atoms with van der Waals surface area (Å²) in [5, 5.41) is 9.43. The highest BCUT2D eigenvalue weighted by Gasteiger charge is 2.28. The number of aliphatic carboxylic acids is 1. The quantitative estimate of drug-likeness (QED) is 0.782. The Kier molecular flexibility index (Phi) is 5.29. The molecule has 7 nitrogen and oxygen atoms in total. The fourth-order valence-corrected chi connectivity index (χ4v) is 4.35. The third-order valence-electron chi connectivity index (χ3n) is 4.52. The van der Waals surface area contributed by atoms with Gasteiger partial charge < -0.3 is 10.0 Å². The van der Waals surface area contributed by atoms with Gasteiger partial charge in [0.25, 0.3) is 0 Å². The summed E-state index contributed by atoms with van der Waals surface area (Å²) < 4.78 is 27.7. The molecule has 0 aromatic heterocycles. The van der Waals surface area contributed by atoms with Gasteiger partial charge in [0.15, 0.2) is 0 Å². The van der Waals surface area contributed by atoms with Crippen molar-refractivity contribution in [1.29, 1.82) is 0 Å². The Morgan fingerprint density at radius 1 is 1.19 bits per heavy atom. The number of fused-ring (bicyclic) bond motifs is 1. The second kappa shape index (κ2) is 7.50. The van der Waals surface area contributed by atoms with Crippen LogP contribution in [-0.4, -0.2) is 38.0 Å². The molecule has 0 aliphatic carbocycles. The Morgan fingerprint density at radius 3 is 2.52 bits per heavy atom. The number of amides is 1. The molecular weight excluding hydrogens is 368 g/mol. The predicted octanol–water partition coefficient (Wildman–Crippen LogP) is 1.57. The van der Waals surface area contributed by atoms with E-state index >= 15 is 0 Å². The highest BCUT2D eigenvalue weighted by atomic mass is 32.2. The molecule has 0 bridgehead atoms. The van der Waals surface area contributed by atoms with Crippen LogP contribution in [0.4, 0.5) is 5.69 Å². The molecule has 27 heavy (non-hydrogen) atoms. The largest absolute Gasteiger partial charge is 0.480 e. The lowest BCUT2D eigenvalue weighted by atomic mass is 10.1. The van der Waals surface area contributed by atoms with Crippen molar-refractivity contribution in [2.75, 3.05) is 11.4 Å². The molecule has 2 aromatic carbocycles. The summed E-state index contributed by atoms with van der Waals surface area (Å²) in [6, 6.07) is 12.0. The number of rotatable bonds is 6. The highest BCUT2D eigenvalue weighted by molar-refractivity contribution is 7.89. The zero-order valence-electron chi connectivity index (χ0n) is 14.8. The average Bonchev–Trinajstić information content (AvgIpc) is 3.05. The van der Waals surface area contributed by atoms with Crippen molar-refractivity contribution in [3.05, 3.63) is 59.7 Å². The van der Waals surface area contributed by atoms with Crippen LogP contribution in [0.2, 0.25) is 0 Å². The van der Waals surface area contributed by atoms with Gasteiger partial charge in [-0.05, 0) is 36.1 Å².